The van der Waals surface area contributed by atoms with Crippen LogP contribution < -0.4 is 21.3 Å². The van der Waals surface area contributed by atoms with E-state index in [0.717, 1.165) is 25.0 Å². The summed E-state index contributed by atoms with van der Waals surface area (Å²) in [5.41, 5.74) is 3.48. The van der Waals surface area contributed by atoms with Crippen LogP contribution in [0.1, 0.15) is 68.7 Å². The first-order chi connectivity index (χ1) is 18.1. The molecule has 0 spiro atoms. The normalized spacial score (nSPS) is 19.9. The van der Waals surface area contributed by atoms with Crippen LogP contribution in [0.15, 0.2) is 0 Å². The van der Waals surface area contributed by atoms with E-state index in [1.54, 1.807) is 27.7 Å². The fraction of sp³-hybridized carbons (Fsp3) is 0.593. The number of nitrogens with one attached hydrogen (secondary N) is 4. The second-order valence-corrected chi connectivity index (χ2v) is 11.1. The summed E-state index contributed by atoms with van der Waals surface area (Å²) in [5, 5.41) is 12.0. The first kappa shape index (κ1) is 29.6. The summed E-state index contributed by atoms with van der Waals surface area (Å²) in [6.07, 6.45) is 3.48. The van der Waals surface area contributed by atoms with Crippen LogP contribution in [-0.4, -0.2) is 79.3 Å². The standard InChI is InChI=1S/C27H38N4O6S/c1-15-17(3)24(18(4)16(2)23(15)20(33)13-32)26(35)29-10-12-37-11-9-28-22(34)8-6-5-7-21-25-19(14-38-21)30-27(36)31-25/h13,19,21,25H,5-12,14H2,1-4H3,(H,28,34)(H,29,35)(H2,30,31,36). The molecule has 1 aromatic rings. The molecule has 0 aliphatic carbocycles. The molecular formula is C27H38N4O6S. The van der Waals surface area contributed by atoms with Gasteiger partial charge in [-0.15, -0.1) is 0 Å². The zero-order valence-electron chi connectivity index (χ0n) is 22.5. The molecule has 38 heavy (non-hydrogen) atoms. The van der Waals surface area contributed by atoms with Crippen molar-refractivity contribution in [3.05, 3.63) is 33.4 Å². The van der Waals surface area contributed by atoms with Crippen molar-refractivity contribution in [2.45, 2.75) is 70.7 Å². The Hall–Kier alpha value is -2.92. The smallest absolute Gasteiger partial charge is 0.315 e. The summed E-state index contributed by atoms with van der Waals surface area (Å²) in [6, 6.07) is 0.345. The van der Waals surface area contributed by atoms with Gasteiger partial charge in [0.1, 0.15) is 0 Å². The van der Waals surface area contributed by atoms with E-state index in [1.165, 1.54) is 0 Å². The Balaban J connectivity index is 1.27. The van der Waals surface area contributed by atoms with E-state index in [2.05, 4.69) is 21.3 Å². The Kier molecular flexibility index (Phi) is 10.7. The number of ether oxygens (including phenoxy) is 1. The zero-order valence-corrected chi connectivity index (χ0v) is 23.3. The molecule has 3 rings (SSSR count). The van der Waals surface area contributed by atoms with Gasteiger partial charge in [0.05, 0.1) is 25.3 Å². The number of urea groups is 1. The number of rotatable bonds is 14. The molecule has 4 amide bonds. The van der Waals surface area contributed by atoms with Crippen LogP contribution in [0.3, 0.4) is 0 Å². The lowest BCUT2D eigenvalue weighted by Crippen LogP contribution is -2.36. The van der Waals surface area contributed by atoms with Crippen LogP contribution in [0.25, 0.3) is 0 Å². The molecule has 2 saturated heterocycles. The maximum atomic E-state index is 12.8. The molecule has 3 unspecified atom stereocenters. The number of fused-ring (bicyclic) bond motifs is 1. The SMILES string of the molecule is Cc1c(C)c(C(=O)NCCOCCNC(=O)CCCCC2SCC3NC(=O)NC32)c(C)c(C)c1C(=O)C=O. The van der Waals surface area contributed by atoms with Crippen LogP contribution in [-0.2, 0) is 14.3 Å². The first-order valence-corrected chi connectivity index (χ1v) is 14.1. The Morgan fingerprint density at radius 2 is 1.58 bits per heavy atom. The van der Waals surface area contributed by atoms with Gasteiger partial charge in [-0.3, -0.25) is 19.2 Å². The van der Waals surface area contributed by atoms with Crippen molar-refractivity contribution in [1.29, 1.82) is 0 Å². The van der Waals surface area contributed by atoms with Crippen molar-refractivity contribution in [2.75, 3.05) is 32.1 Å². The lowest BCUT2D eigenvalue weighted by Gasteiger charge is -2.18. The number of carbonyl (C=O) groups is 5. The minimum atomic E-state index is -0.585. The number of benzene rings is 1. The average molecular weight is 547 g/mol. The minimum absolute atomic E-state index is 0.0112. The largest absolute Gasteiger partial charge is 0.378 e. The van der Waals surface area contributed by atoms with Gasteiger partial charge in [-0.2, -0.15) is 11.8 Å². The monoisotopic (exact) mass is 546 g/mol. The van der Waals surface area contributed by atoms with Crippen LogP contribution in [0.4, 0.5) is 4.79 Å². The summed E-state index contributed by atoms with van der Waals surface area (Å²) in [7, 11) is 0. The number of unbranched alkanes of at least 4 members (excludes halogenated alkanes) is 1. The molecule has 1 aromatic carbocycles. The Morgan fingerprint density at radius 1 is 0.947 bits per heavy atom. The lowest BCUT2D eigenvalue weighted by molar-refractivity contribution is -0.121. The third-order valence-electron chi connectivity index (χ3n) is 7.39. The van der Waals surface area contributed by atoms with E-state index in [0.29, 0.717) is 77.6 Å². The average Bonchev–Trinajstić information content (AvgIpc) is 3.44. The third kappa shape index (κ3) is 7.13. The number of carbonyl (C=O) groups excluding carboxylic acids is 5. The quantitative estimate of drug-likeness (QED) is 0.0918. The van der Waals surface area contributed by atoms with Crippen LogP contribution in [0.5, 0.6) is 0 Å². The minimum Gasteiger partial charge on any atom is -0.378 e. The molecule has 2 aliphatic heterocycles. The molecule has 0 radical (unpaired) electrons. The number of hydrogen-bond acceptors (Lipinski definition) is 7. The van der Waals surface area contributed by atoms with Crippen molar-refractivity contribution in [3.8, 4) is 0 Å². The summed E-state index contributed by atoms with van der Waals surface area (Å²) in [4.78, 5) is 59.3. The molecule has 2 aliphatic rings. The first-order valence-electron chi connectivity index (χ1n) is 13.1. The third-order valence-corrected chi connectivity index (χ3v) is 8.90. The maximum absolute atomic E-state index is 12.8. The maximum Gasteiger partial charge on any atom is 0.315 e. The highest BCUT2D eigenvalue weighted by Gasteiger charge is 2.42. The molecule has 0 bridgehead atoms. The number of ketones is 1. The Morgan fingerprint density at radius 3 is 2.24 bits per heavy atom. The van der Waals surface area contributed by atoms with Crippen molar-refractivity contribution in [1.82, 2.24) is 21.3 Å². The highest BCUT2D eigenvalue weighted by Crippen LogP contribution is 2.33. The van der Waals surface area contributed by atoms with Crippen molar-refractivity contribution in [3.63, 3.8) is 0 Å². The molecule has 0 aromatic heterocycles. The second-order valence-electron chi connectivity index (χ2n) is 9.82. The molecular weight excluding hydrogens is 508 g/mol. The zero-order chi connectivity index (χ0) is 27.8. The van der Waals surface area contributed by atoms with E-state index in [1.807, 2.05) is 11.8 Å². The van der Waals surface area contributed by atoms with Crippen LogP contribution in [0, 0.1) is 27.7 Å². The molecule has 10 nitrogen and oxygen atoms in total. The van der Waals surface area contributed by atoms with Gasteiger partial charge in [-0.1, -0.05) is 6.42 Å². The number of hydrogen-bond donors (Lipinski definition) is 4. The molecule has 3 atom stereocenters. The number of amides is 4. The predicted octanol–water partition coefficient (Wildman–Crippen LogP) is 1.89. The summed E-state index contributed by atoms with van der Waals surface area (Å²) in [6.45, 7) is 8.36. The van der Waals surface area contributed by atoms with E-state index in [-0.39, 0.29) is 29.9 Å². The van der Waals surface area contributed by atoms with Gasteiger partial charge < -0.3 is 26.0 Å². The Labute approximate surface area is 227 Å². The van der Waals surface area contributed by atoms with Gasteiger partial charge in [0, 0.05) is 41.6 Å². The number of thioether (sulfide) groups is 1. The highest BCUT2D eigenvalue weighted by atomic mass is 32.2. The van der Waals surface area contributed by atoms with Gasteiger partial charge in [-0.05, 0) is 62.8 Å². The lowest BCUT2D eigenvalue weighted by atomic mass is 9.87. The van der Waals surface area contributed by atoms with Crippen molar-refractivity contribution < 1.29 is 28.7 Å². The number of aldehydes is 1. The topological polar surface area (TPSA) is 143 Å². The molecule has 4 N–H and O–H groups in total. The van der Waals surface area contributed by atoms with Gasteiger partial charge in [-0.25, -0.2) is 4.79 Å². The van der Waals surface area contributed by atoms with Crippen LogP contribution >= 0.6 is 11.8 Å². The second kappa shape index (κ2) is 13.7. The molecule has 2 heterocycles. The predicted molar refractivity (Wildman–Crippen MR) is 146 cm³/mol. The van der Waals surface area contributed by atoms with Gasteiger partial charge in [0.15, 0.2) is 6.29 Å². The molecule has 0 saturated carbocycles. The van der Waals surface area contributed by atoms with Gasteiger partial charge in [0.25, 0.3) is 5.91 Å². The summed E-state index contributed by atoms with van der Waals surface area (Å²) in [5.74, 6) is 0.0845. The molecule has 2 fully saturated rings. The summed E-state index contributed by atoms with van der Waals surface area (Å²) < 4.78 is 5.53. The van der Waals surface area contributed by atoms with E-state index < -0.39 is 5.78 Å². The fourth-order valence-corrected chi connectivity index (χ4v) is 6.68. The molecule has 208 valence electrons. The number of Topliss-reactive ketones (excluding diaryl/α,β-unsaturated/α-hetero) is 1. The Bertz CT molecular complexity index is 1060. The van der Waals surface area contributed by atoms with E-state index in [9.17, 15) is 24.0 Å². The van der Waals surface area contributed by atoms with E-state index in [4.69, 9.17) is 4.74 Å². The summed E-state index contributed by atoms with van der Waals surface area (Å²) >= 11 is 1.88. The van der Waals surface area contributed by atoms with Gasteiger partial charge >= 0.3 is 6.03 Å². The van der Waals surface area contributed by atoms with Crippen molar-refractivity contribution >= 4 is 41.7 Å². The van der Waals surface area contributed by atoms with E-state index >= 15 is 0 Å². The fourth-order valence-electron chi connectivity index (χ4n) is 5.13. The van der Waals surface area contributed by atoms with Gasteiger partial charge in [0.2, 0.25) is 11.7 Å². The van der Waals surface area contributed by atoms with Crippen LogP contribution in [0.2, 0.25) is 0 Å². The highest BCUT2D eigenvalue weighted by molar-refractivity contribution is 8.00. The van der Waals surface area contributed by atoms with Crippen molar-refractivity contribution in [2.24, 2.45) is 0 Å². The molecule has 11 heteroatoms.